The number of aliphatic hydroxyl groups is 2. The minimum atomic E-state index is -0.934. The Morgan fingerprint density at radius 3 is 2.29 bits per heavy atom. The number of esters is 1. The van der Waals surface area contributed by atoms with Crippen molar-refractivity contribution in [1.29, 1.82) is 0 Å². The average Bonchev–Trinajstić information content (AvgIpc) is 2.87. The van der Waals surface area contributed by atoms with E-state index < -0.39 is 24.4 Å². The van der Waals surface area contributed by atoms with Crippen LogP contribution >= 0.6 is 0 Å². The molecule has 0 aromatic carbocycles. The van der Waals surface area contributed by atoms with Gasteiger partial charge in [-0.15, -0.1) is 0 Å². The fourth-order valence-electron chi connectivity index (χ4n) is 5.32. The van der Waals surface area contributed by atoms with Gasteiger partial charge < -0.3 is 29.0 Å². The van der Waals surface area contributed by atoms with Crippen LogP contribution in [0.25, 0.3) is 0 Å². The van der Waals surface area contributed by atoms with E-state index in [-0.39, 0.29) is 55.0 Å². The monoisotopic (exact) mass is 440 g/mol. The molecule has 3 fully saturated rings. The molecule has 178 valence electrons. The first-order chi connectivity index (χ1) is 14.4. The summed E-state index contributed by atoms with van der Waals surface area (Å²) in [5, 5.41) is 21.2. The Morgan fingerprint density at radius 1 is 1.06 bits per heavy atom. The van der Waals surface area contributed by atoms with Gasteiger partial charge in [0, 0.05) is 13.3 Å². The van der Waals surface area contributed by atoms with Gasteiger partial charge in [0.2, 0.25) is 0 Å². The van der Waals surface area contributed by atoms with Gasteiger partial charge in [-0.1, -0.05) is 26.2 Å². The van der Waals surface area contributed by atoms with Gasteiger partial charge in [0.15, 0.2) is 0 Å². The molecule has 3 unspecified atom stereocenters. The maximum absolute atomic E-state index is 11.2. The molecule has 1 aliphatic carbocycles. The molecule has 1 saturated carbocycles. The first-order valence-corrected chi connectivity index (χ1v) is 11.9. The molecular weight excluding hydrogens is 399 g/mol. The molecule has 8 heteroatoms. The van der Waals surface area contributed by atoms with Crippen molar-refractivity contribution in [3.63, 3.8) is 0 Å². The molecule has 0 aromatic rings. The second-order valence-corrected chi connectivity index (χ2v) is 10.9. The molecule has 2 aliphatic heterocycles. The first-order valence-electron chi connectivity index (χ1n) is 11.9. The largest absolute Gasteiger partial charge is 0.463 e. The van der Waals surface area contributed by atoms with E-state index in [1.165, 1.54) is 6.92 Å². The van der Waals surface area contributed by atoms with Crippen LogP contribution in [0.5, 0.6) is 0 Å². The van der Waals surface area contributed by atoms with Crippen LogP contribution in [0.1, 0.15) is 80.1 Å². The third-order valence-electron chi connectivity index (χ3n) is 7.90. The molecule has 2 N–H and O–H groups in total. The number of rotatable bonds is 4. The number of hydrogen-bond acceptors (Lipinski definition) is 7. The van der Waals surface area contributed by atoms with Crippen molar-refractivity contribution in [2.45, 2.75) is 122 Å². The molecule has 0 aromatic heterocycles. The van der Waals surface area contributed by atoms with Crippen molar-refractivity contribution >= 4 is 13.1 Å². The normalized spacial score (nSPS) is 40.8. The highest BCUT2D eigenvalue weighted by atomic mass is 16.7. The summed E-state index contributed by atoms with van der Waals surface area (Å²) in [6.45, 7) is 12.0. The number of aliphatic hydroxyl groups excluding tert-OH is 2. The van der Waals surface area contributed by atoms with Crippen LogP contribution in [0, 0.1) is 11.8 Å². The molecule has 0 amide bonds. The molecule has 31 heavy (non-hydrogen) atoms. The lowest BCUT2D eigenvalue weighted by molar-refractivity contribution is -0.204. The molecule has 7 nitrogen and oxygen atoms in total. The maximum atomic E-state index is 11.2. The zero-order valence-electron chi connectivity index (χ0n) is 20.0. The van der Waals surface area contributed by atoms with E-state index in [2.05, 4.69) is 34.6 Å². The van der Waals surface area contributed by atoms with Crippen LogP contribution in [-0.2, 0) is 23.6 Å². The lowest BCUT2D eigenvalue weighted by Crippen LogP contribution is -2.53. The molecule has 7 atom stereocenters. The predicted molar refractivity (Wildman–Crippen MR) is 117 cm³/mol. The second-order valence-electron chi connectivity index (χ2n) is 10.9. The van der Waals surface area contributed by atoms with Crippen LogP contribution in [0.3, 0.4) is 0 Å². The van der Waals surface area contributed by atoms with Crippen molar-refractivity contribution in [2.24, 2.45) is 11.8 Å². The van der Waals surface area contributed by atoms with Gasteiger partial charge in [0.1, 0.15) is 12.7 Å². The Balaban J connectivity index is 1.69. The Hall–Kier alpha value is -0.665. The van der Waals surface area contributed by atoms with Gasteiger partial charge in [0.25, 0.3) is 0 Å². The standard InChI is InChI=1S/C23H41BO7/c1-14-11-16(24-30-22(3,4)23(5,6)31-24)9-7-8-10-18(14)21-20(27)19(26)12-17(29-21)13-28-15(2)25/h14,16-21,26-27H,7-13H2,1-6H3/t14?,16?,17-,18?,19-,20-,21+/m0/s1. The molecule has 0 radical (unpaired) electrons. The Kier molecular flexibility index (Phi) is 7.79. The lowest BCUT2D eigenvalue weighted by Gasteiger charge is -2.44. The number of carbonyl (C=O) groups excluding carboxylic acids is 1. The quantitative estimate of drug-likeness (QED) is 0.513. The molecule has 2 saturated heterocycles. The molecular formula is C23H41BO7. The van der Waals surface area contributed by atoms with Crippen molar-refractivity contribution in [3.05, 3.63) is 0 Å². The van der Waals surface area contributed by atoms with Crippen LogP contribution in [0.4, 0.5) is 0 Å². The van der Waals surface area contributed by atoms with Gasteiger partial charge in [-0.25, -0.2) is 0 Å². The van der Waals surface area contributed by atoms with Gasteiger partial charge in [-0.3, -0.25) is 4.79 Å². The summed E-state index contributed by atoms with van der Waals surface area (Å²) in [4.78, 5) is 11.2. The third kappa shape index (κ3) is 5.64. The van der Waals surface area contributed by atoms with Crippen molar-refractivity contribution < 1.29 is 33.8 Å². The van der Waals surface area contributed by atoms with E-state index in [1.807, 2.05) is 0 Å². The van der Waals surface area contributed by atoms with Crippen molar-refractivity contribution in [3.8, 4) is 0 Å². The number of carbonyl (C=O) groups is 1. The Morgan fingerprint density at radius 2 is 1.68 bits per heavy atom. The average molecular weight is 440 g/mol. The summed E-state index contributed by atoms with van der Waals surface area (Å²) < 4.78 is 24.0. The first kappa shape index (κ1) is 25.0. The van der Waals surface area contributed by atoms with E-state index in [9.17, 15) is 15.0 Å². The summed E-state index contributed by atoms with van der Waals surface area (Å²) in [7, 11) is -0.231. The highest BCUT2D eigenvalue weighted by Gasteiger charge is 2.54. The number of hydrogen-bond donors (Lipinski definition) is 2. The summed E-state index contributed by atoms with van der Waals surface area (Å²) >= 11 is 0. The second kappa shape index (κ2) is 9.68. The molecule has 2 heterocycles. The maximum Gasteiger partial charge on any atom is 0.461 e. The van der Waals surface area contributed by atoms with Crippen LogP contribution in [0.2, 0.25) is 5.82 Å². The molecule has 3 aliphatic rings. The highest BCUT2D eigenvalue weighted by Crippen LogP contribution is 2.46. The number of ether oxygens (including phenoxy) is 2. The summed E-state index contributed by atoms with van der Waals surface area (Å²) in [5.74, 6) is 0.283. The van der Waals surface area contributed by atoms with Gasteiger partial charge >= 0.3 is 13.1 Å². The van der Waals surface area contributed by atoms with E-state index in [1.54, 1.807) is 0 Å². The highest BCUT2D eigenvalue weighted by molar-refractivity contribution is 6.47. The van der Waals surface area contributed by atoms with Crippen LogP contribution in [-0.4, -0.2) is 65.5 Å². The van der Waals surface area contributed by atoms with Gasteiger partial charge in [-0.2, -0.15) is 0 Å². The van der Waals surface area contributed by atoms with E-state index in [0.29, 0.717) is 0 Å². The van der Waals surface area contributed by atoms with Gasteiger partial charge in [-0.05, 0) is 58.2 Å². The lowest BCUT2D eigenvalue weighted by atomic mass is 9.61. The summed E-state index contributed by atoms with van der Waals surface area (Å²) in [6.07, 6.45) is 2.59. The topological polar surface area (TPSA) is 94.5 Å². The molecule has 0 spiro atoms. The zero-order valence-corrected chi connectivity index (χ0v) is 20.0. The van der Waals surface area contributed by atoms with Crippen molar-refractivity contribution in [2.75, 3.05) is 6.61 Å². The van der Waals surface area contributed by atoms with E-state index in [4.69, 9.17) is 18.8 Å². The summed E-state index contributed by atoms with van der Waals surface area (Å²) in [6, 6.07) is 0. The van der Waals surface area contributed by atoms with Gasteiger partial charge in [0.05, 0.1) is 29.5 Å². The van der Waals surface area contributed by atoms with E-state index in [0.717, 1.165) is 32.1 Å². The van der Waals surface area contributed by atoms with Crippen LogP contribution in [0.15, 0.2) is 0 Å². The molecule has 3 rings (SSSR count). The SMILES string of the molecule is CC(=O)OC[C@@H]1C[C@H](O)[C@H](O)[C@@H](C2CCCCC(B3OC(C)(C)C(C)(C)O3)CC2C)O1. The Bertz CT molecular complexity index is 609. The minimum absolute atomic E-state index is 0.104. The fraction of sp³-hybridized carbons (Fsp3) is 0.957. The smallest absolute Gasteiger partial charge is 0.461 e. The molecule has 0 bridgehead atoms. The van der Waals surface area contributed by atoms with E-state index >= 15 is 0 Å². The predicted octanol–water partition coefficient (Wildman–Crippen LogP) is 3.11. The fourth-order valence-corrected chi connectivity index (χ4v) is 5.32. The Labute approximate surface area is 187 Å². The van der Waals surface area contributed by atoms with Crippen LogP contribution < -0.4 is 0 Å². The summed E-state index contributed by atoms with van der Waals surface area (Å²) in [5.41, 5.74) is -0.696. The van der Waals surface area contributed by atoms with Crippen molar-refractivity contribution in [1.82, 2.24) is 0 Å². The minimum Gasteiger partial charge on any atom is -0.463 e. The zero-order chi connectivity index (χ0) is 23.0. The third-order valence-corrected chi connectivity index (χ3v) is 7.90.